The fourth-order valence-corrected chi connectivity index (χ4v) is 1.59. The molecule has 0 atom stereocenters. The molecule has 0 fully saturated rings. The molecular weight excluding hydrogens is 214 g/mol. The summed E-state index contributed by atoms with van der Waals surface area (Å²) in [7, 11) is 0. The van der Waals surface area contributed by atoms with Crippen molar-refractivity contribution in [2.45, 2.75) is 45.4 Å². The average molecular weight is 237 g/mol. The molecule has 0 amide bonds. The van der Waals surface area contributed by atoms with Crippen LogP contribution < -0.4 is 5.32 Å². The lowest BCUT2D eigenvalue weighted by molar-refractivity contribution is 0.283. The minimum Gasteiger partial charge on any atom is -0.396 e. The van der Waals surface area contributed by atoms with E-state index in [4.69, 9.17) is 5.11 Å². The molecule has 4 nitrogen and oxygen atoms in total. The molecule has 0 saturated carbocycles. The topological polar surface area (TPSA) is 58.0 Å². The predicted molar refractivity (Wildman–Crippen MR) is 70.2 cm³/mol. The summed E-state index contributed by atoms with van der Waals surface area (Å²) < 4.78 is 0. The minimum atomic E-state index is 0.303. The van der Waals surface area contributed by atoms with Crippen LogP contribution in [-0.2, 0) is 0 Å². The Morgan fingerprint density at radius 1 is 1.18 bits per heavy atom. The van der Waals surface area contributed by atoms with Crippen molar-refractivity contribution in [3.05, 3.63) is 18.1 Å². The highest BCUT2D eigenvalue weighted by atomic mass is 16.2. The maximum atomic E-state index is 8.65. The average Bonchev–Trinajstić information content (AvgIpc) is 2.34. The van der Waals surface area contributed by atoms with Gasteiger partial charge in [0.05, 0.1) is 0 Å². The number of hydrogen-bond acceptors (Lipinski definition) is 4. The van der Waals surface area contributed by atoms with Crippen LogP contribution in [0.3, 0.4) is 0 Å². The van der Waals surface area contributed by atoms with Crippen molar-refractivity contribution < 1.29 is 5.11 Å². The molecule has 0 aliphatic rings. The number of aliphatic hydroxyl groups excluding tert-OH is 1. The fourth-order valence-electron chi connectivity index (χ4n) is 1.59. The summed E-state index contributed by atoms with van der Waals surface area (Å²) in [5.41, 5.74) is 1.07. The Labute approximate surface area is 103 Å². The van der Waals surface area contributed by atoms with Gasteiger partial charge in [0.25, 0.3) is 0 Å². The zero-order valence-electron chi connectivity index (χ0n) is 10.8. The SMILES string of the molecule is CC(C)c1cc(NCCCCCCO)ncn1. The molecule has 0 spiro atoms. The Morgan fingerprint density at radius 2 is 1.94 bits per heavy atom. The Kier molecular flexibility index (Phi) is 6.55. The van der Waals surface area contributed by atoms with Crippen LogP contribution in [0.25, 0.3) is 0 Å². The fraction of sp³-hybridized carbons (Fsp3) is 0.692. The molecule has 1 aromatic heterocycles. The van der Waals surface area contributed by atoms with Crippen molar-refractivity contribution in [3.8, 4) is 0 Å². The molecular formula is C13H23N3O. The summed E-state index contributed by atoms with van der Waals surface area (Å²) in [5.74, 6) is 1.34. The number of nitrogens with one attached hydrogen (secondary N) is 1. The van der Waals surface area contributed by atoms with Gasteiger partial charge in [0.15, 0.2) is 0 Å². The molecule has 0 aliphatic heterocycles. The first-order chi connectivity index (χ1) is 8.24. The van der Waals surface area contributed by atoms with Gasteiger partial charge in [-0.1, -0.05) is 26.7 Å². The van der Waals surface area contributed by atoms with Crippen LogP contribution in [-0.4, -0.2) is 28.2 Å². The van der Waals surface area contributed by atoms with Crippen LogP contribution in [0.4, 0.5) is 5.82 Å². The van der Waals surface area contributed by atoms with Crippen LogP contribution in [0.5, 0.6) is 0 Å². The summed E-state index contributed by atoms with van der Waals surface area (Å²) in [5, 5.41) is 12.0. The van der Waals surface area contributed by atoms with Crippen molar-refractivity contribution in [3.63, 3.8) is 0 Å². The number of anilines is 1. The molecule has 0 aromatic carbocycles. The minimum absolute atomic E-state index is 0.303. The number of aromatic nitrogens is 2. The lowest BCUT2D eigenvalue weighted by Crippen LogP contribution is -2.05. The van der Waals surface area contributed by atoms with Gasteiger partial charge in [-0.2, -0.15) is 0 Å². The number of unbranched alkanes of at least 4 members (excludes halogenated alkanes) is 3. The van der Waals surface area contributed by atoms with Gasteiger partial charge in [0.2, 0.25) is 0 Å². The molecule has 4 heteroatoms. The second-order valence-corrected chi connectivity index (χ2v) is 4.55. The van der Waals surface area contributed by atoms with E-state index in [0.717, 1.165) is 43.7 Å². The third kappa shape index (κ3) is 5.63. The van der Waals surface area contributed by atoms with Gasteiger partial charge in [-0.05, 0) is 18.8 Å². The van der Waals surface area contributed by atoms with E-state index in [1.54, 1.807) is 6.33 Å². The molecule has 96 valence electrons. The van der Waals surface area contributed by atoms with Gasteiger partial charge in [0, 0.05) is 24.9 Å². The maximum absolute atomic E-state index is 8.65. The van der Waals surface area contributed by atoms with Crippen LogP contribution in [0.1, 0.15) is 51.1 Å². The molecule has 17 heavy (non-hydrogen) atoms. The second-order valence-electron chi connectivity index (χ2n) is 4.55. The van der Waals surface area contributed by atoms with Crippen molar-refractivity contribution in [2.24, 2.45) is 0 Å². The smallest absolute Gasteiger partial charge is 0.129 e. The van der Waals surface area contributed by atoms with E-state index >= 15 is 0 Å². The molecule has 1 aromatic rings. The van der Waals surface area contributed by atoms with E-state index in [9.17, 15) is 0 Å². The van der Waals surface area contributed by atoms with Gasteiger partial charge >= 0.3 is 0 Å². The molecule has 0 unspecified atom stereocenters. The molecule has 1 heterocycles. The summed E-state index contributed by atoms with van der Waals surface area (Å²) in [6.07, 6.45) is 5.88. The van der Waals surface area contributed by atoms with Crippen LogP contribution in [0.2, 0.25) is 0 Å². The molecule has 0 saturated heterocycles. The zero-order chi connectivity index (χ0) is 12.5. The molecule has 0 bridgehead atoms. The van der Waals surface area contributed by atoms with Crippen molar-refractivity contribution >= 4 is 5.82 Å². The normalized spacial score (nSPS) is 10.8. The monoisotopic (exact) mass is 237 g/mol. The van der Waals surface area contributed by atoms with E-state index in [-0.39, 0.29) is 0 Å². The van der Waals surface area contributed by atoms with Gasteiger partial charge in [-0.25, -0.2) is 9.97 Å². The Hall–Kier alpha value is -1.16. The Balaban J connectivity index is 2.24. The van der Waals surface area contributed by atoms with Crippen molar-refractivity contribution in [1.29, 1.82) is 0 Å². The Morgan fingerprint density at radius 3 is 2.65 bits per heavy atom. The lowest BCUT2D eigenvalue weighted by Gasteiger charge is -2.08. The van der Waals surface area contributed by atoms with Gasteiger partial charge < -0.3 is 10.4 Å². The number of rotatable bonds is 8. The third-order valence-electron chi connectivity index (χ3n) is 2.67. The van der Waals surface area contributed by atoms with Crippen molar-refractivity contribution in [2.75, 3.05) is 18.5 Å². The van der Waals surface area contributed by atoms with E-state index < -0.39 is 0 Å². The van der Waals surface area contributed by atoms with Gasteiger partial charge in [-0.15, -0.1) is 0 Å². The predicted octanol–water partition coefficient (Wildman–Crippen LogP) is 2.56. The molecule has 0 aliphatic carbocycles. The molecule has 0 radical (unpaired) electrons. The summed E-state index contributed by atoms with van der Waals surface area (Å²) >= 11 is 0. The van der Waals surface area contributed by atoms with E-state index in [1.807, 2.05) is 6.07 Å². The largest absolute Gasteiger partial charge is 0.396 e. The van der Waals surface area contributed by atoms with Crippen LogP contribution >= 0.6 is 0 Å². The first kappa shape index (κ1) is 13.9. The first-order valence-electron chi connectivity index (χ1n) is 6.40. The van der Waals surface area contributed by atoms with E-state index in [2.05, 4.69) is 29.1 Å². The number of nitrogens with zero attached hydrogens (tertiary/aromatic N) is 2. The number of aliphatic hydroxyl groups is 1. The first-order valence-corrected chi connectivity index (χ1v) is 6.40. The van der Waals surface area contributed by atoms with Gasteiger partial charge in [-0.3, -0.25) is 0 Å². The summed E-state index contributed by atoms with van der Waals surface area (Å²) in [6.45, 7) is 5.49. The summed E-state index contributed by atoms with van der Waals surface area (Å²) in [6, 6.07) is 2.01. The van der Waals surface area contributed by atoms with Crippen molar-refractivity contribution in [1.82, 2.24) is 9.97 Å². The Bertz CT molecular complexity index is 315. The lowest BCUT2D eigenvalue weighted by atomic mass is 10.1. The van der Waals surface area contributed by atoms with Gasteiger partial charge in [0.1, 0.15) is 12.1 Å². The van der Waals surface area contributed by atoms with E-state index in [1.165, 1.54) is 0 Å². The zero-order valence-corrected chi connectivity index (χ0v) is 10.8. The van der Waals surface area contributed by atoms with Crippen LogP contribution in [0.15, 0.2) is 12.4 Å². The maximum Gasteiger partial charge on any atom is 0.129 e. The highest BCUT2D eigenvalue weighted by Crippen LogP contribution is 2.13. The van der Waals surface area contributed by atoms with E-state index in [0.29, 0.717) is 12.5 Å². The molecule has 2 N–H and O–H groups in total. The highest BCUT2D eigenvalue weighted by Gasteiger charge is 2.02. The standard InChI is InChI=1S/C13H23N3O/c1-11(2)12-9-13(16-10-15-12)14-7-5-3-4-6-8-17/h9-11,17H,3-8H2,1-2H3,(H,14,15,16). The highest BCUT2D eigenvalue weighted by molar-refractivity contribution is 5.35. The summed E-state index contributed by atoms with van der Waals surface area (Å²) in [4.78, 5) is 8.42. The third-order valence-corrected chi connectivity index (χ3v) is 2.67. The number of hydrogen-bond donors (Lipinski definition) is 2. The molecule has 1 rings (SSSR count). The second kappa shape index (κ2) is 8.01. The quantitative estimate of drug-likeness (QED) is 0.682. The van der Waals surface area contributed by atoms with Crippen LogP contribution in [0, 0.1) is 0 Å².